The Bertz CT molecular complexity index is 662. The maximum absolute atomic E-state index is 10.9. The van der Waals surface area contributed by atoms with E-state index in [2.05, 4.69) is 11.4 Å². The van der Waals surface area contributed by atoms with Crippen LogP contribution in [-0.4, -0.2) is 5.91 Å². The molecule has 98 valence electrons. The Morgan fingerprint density at radius 1 is 1.00 bits per heavy atom. The largest absolute Gasteiger partial charge is 0.326 e. The third kappa shape index (κ3) is 3.82. The van der Waals surface area contributed by atoms with Crippen LogP contribution in [0.2, 0.25) is 0 Å². The molecule has 0 atom stereocenters. The molecule has 0 bridgehead atoms. The van der Waals surface area contributed by atoms with Gasteiger partial charge in [0, 0.05) is 12.6 Å². The fourth-order valence-electron chi connectivity index (χ4n) is 1.74. The number of hydrogen-bond donors (Lipinski definition) is 1. The molecule has 0 radical (unpaired) electrons. The summed E-state index contributed by atoms with van der Waals surface area (Å²) in [6.45, 7) is 1.48. The molecule has 0 saturated carbocycles. The molecule has 20 heavy (non-hydrogen) atoms. The van der Waals surface area contributed by atoms with Gasteiger partial charge in [-0.3, -0.25) is 4.79 Å². The number of carbonyl (C=O) groups excluding carboxylic acids is 1. The number of nitrogens with one attached hydrogen (secondary N) is 1. The van der Waals surface area contributed by atoms with Crippen LogP contribution in [0.1, 0.15) is 23.6 Å². The van der Waals surface area contributed by atoms with Crippen LogP contribution in [-0.2, 0) is 4.79 Å². The summed E-state index contributed by atoms with van der Waals surface area (Å²) < 4.78 is 0. The Labute approximate surface area is 118 Å². The molecule has 0 aromatic heterocycles. The summed E-state index contributed by atoms with van der Waals surface area (Å²) in [7, 11) is 0. The smallest absolute Gasteiger partial charge is 0.221 e. The molecule has 0 aliphatic carbocycles. The average Bonchev–Trinajstić information content (AvgIpc) is 2.46. The first-order valence-corrected chi connectivity index (χ1v) is 6.23. The topological polar surface area (TPSA) is 52.9 Å². The second-order valence-corrected chi connectivity index (χ2v) is 4.37. The number of hydrogen-bond acceptors (Lipinski definition) is 2. The monoisotopic (exact) mass is 262 g/mol. The number of nitriles is 1. The van der Waals surface area contributed by atoms with Crippen molar-refractivity contribution in [2.24, 2.45) is 0 Å². The summed E-state index contributed by atoms with van der Waals surface area (Å²) in [6.07, 6.45) is 3.97. The molecular formula is C17H14N2O. The second kappa shape index (κ2) is 6.35. The summed E-state index contributed by atoms with van der Waals surface area (Å²) in [5.74, 6) is -0.0779. The lowest BCUT2D eigenvalue weighted by Gasteiger charge is -2.01. The zero-order chi connectivity index (χ0) is 14.4. The van der Waals surface area contributed by atoms with E-state index in [1.165, 1.54) is 6.92 Å². The molecule has 3 heteroatoms. The van der Waals surface area contributed by atoms with E-state index in [0.29, 0.717) is 5.56 Å². The summed E-state index contributed by atoms with van der Waals surface area (Å²) in [5.41, 5.74) is 3.52. The van der Waals surface area contributed by atoms with Crippen molar-refractivity contribution in [1.82, 2.24) is 0 Å². The Morgan fingerprint density at radius 3 is 1.95 bits per heavy atom. The molecule has 3 nitrogen and oxygen atoms in total. The van der Waals surface area contributed by atoms with E-state index in [1.54, 1.807) is 12.1 Å². The highest BCUT2D eigenvalue weighted by atomic mass is 16.1. The van der Waals surface area contributed by atoms with E-state index in [4.69, 9.17) is 5.26 Å². The third-order valence-electron chi connectivity index (χ3n) is 2.74. The van der Waals surface area contributed by atoms with Crippen LogP contribution < -0.4 is 5.32 Å². The van der Waals surface area contributed by atoms with E-state index in [9.17, 15) is 4.79 Å². The molecule has 1 N–H and O–H groups in total. The zero-order valence-electron chi connectivity index (χ0n) is 11.1. The van der Waals surface area contributed by atoms with Gasteiger partial charge in [0.15, 0.2) is 0 Å². The number of carbonyl (C=O) groups is 1. The van der Waals surface area contributed by atoms with Crippen molar-refractivity contribution >= 4 is 23.7 Å². The Hall–Kier alpha value is -2.86. The van der Waals surface area contributed by atoms with E-state index in [-0.39, 0.29) is 5.91 Å². The van der Waals surface area contributed by atoms with Crippen LogP contribution in [0.4, 0.5) is 5.69 Å². The van der Waals surface area contributed by atoms with Crippen LogP contribution in [0, 0.1) is 11.3 Å². The molecule has 2 aromatic rings. The van der Waals surface area contributed by atoms with Crippen LogP contribution in [0.5, 0.6) is 0 Å². The molecule has 0 fully saturated rings. The molecule has 0 heterocycles. The van der Waals surface area contributed by atoms with Crippen molar-refractivity contribution in [3.05, 3.63) is 65.2 Å². The van der Waals surface area contributed by atoms with Gasteiger partial charge in [0.2, 0.25) is 5.91 Å². The molecule has 1 amide bonds. The minimum Gasteiger partial charge on any atom is -0.326 e. The molecule has 0 saturated heterocycles. The predicted molar refractivity (Wildman–Crippen MR) is 80.8 cm³/mol. The van der Waals surface area contributed by atoms with Crippen molar-refractivity contribution in [2.75, 3.05) is 5.32 Å². The Balaban J connectivity index is 2.07. The van der Waals surface area contributed by atoms with Crippen LogP contribution in [0.15, 0.2) is 48.5 Å². The first kappa shape index (κ1) is 13.6. The van der Waals surface area contributed by atoms with Crippen LogP contribution in [0.25, 0.3) is 12.2 Å². The quantitative estimate of drug-likeness (QED) is 0.858. The third-order valence-corrected chi connectivity index (χ3v) is 2.74. The van der Waals surface area contributed by atoms with E-state index in [0.717, 1.165) is 16.8 Å². The minimum atomic E-state index is -0.0779. The molecule has 0 aliphatic rings. The lowest BCUT2D eigenvalue weighted by molar-refractivity contribution is -0.114. The second-order valence-electron chi connectivity index (χ2n) is 4.37. The highest BCUT2D eigenvalue weighted by Crippen LogP contribution is 2.13. The van der Waals surface area contributed by atoms with Gasteiger partial charge in [-0.05, 0) is 35.4 Å². The van der Waals surface area contributed by atoms with Gasteiger partial charge >= 0.3 is 0 Å². The van der Waals surface area contributed by atoms with Crippen LogP contribution in [0.3, 0.4) is 0 Å². The SMILES string of the molecule is CC(=O)Nc1ccc(C=Cc2ccc(C#N)cc2)cc1. The number of amides is 1. The molecular weight excluding hydrogens is 248 g/mol. The number of anilines is 1. The van der Waals surface area contributed by atoms with Gasteiger partial charge in [0.1, 0.15) is 0 Å². The highest BCUT2D eigenvalue weighted by Gasteiger charge is 1.94. The van der Waals surface area contributed by atoms with Crippen molar-refractivity contribution in [3.63, 3.8) is 0 Å². The highest BCUT2D eigenvalue weighted by molar-refractivity contribution is 5.88. The van der Waals surface area contributed by atoms with Gasteiger partial charge in [0.05, 0.1) is 11.6 Å². The van der Waals surface area contributed by atoms with Gasteiger partial charge in [-0.15, -0.1) is 0 Å². The maximum Gasteiger partial charge on any atom is 0.221 e. The summed E-state index contributed by atoms with van der Waals surface area (Å²) in [5, 5.41) is 11.5. The van der Waals surface area contributed by atoms with Crippen molar-refractivity contribution in [1.29, 1.82) is 5.26 Å². The predicted octanol–water partition coefficient (Wildman–Crippen LogP) is 3.69. The van der Waals surface area contributed by atoms with Gasteiger partial charge in [-0.1, -0.05) is 36.4 Å². The fourth-order valence-corrected chi connectivity index (χ4v) is 1.74. The standard InChI is InChI=1S/C17H14N2O/c1-13(20)19-17-10-8-15(9-11-17)3-2-14-4-6-16(12-18)7-5-14/h2-11H,1H3,(H,19,20). The molecule has 0 aliphatic heterocycles. The molecule has 0 spiro atoms. The summed E-state index contributed by atoms with van der Waals surface area (Å²) in [4.78, 5) is 10.9. The normalized spacial score (nSPS) is 10.2. The first-order chi connectivity index (χ1) is 9.67. The van der Waals surface area contributed by atoms with Gasteiger partial charge in [-0.25, -0.2) is 0 Å². The van der Waals surface area contributed by atoms with Crippen molar-refractivity contribution < 1.29 is 4.79 Å². The Kier molecular flexibility index (Phi) is 4.31. The van der Waals surface area contributed by atoms with E-state index < -0.39 is 0 Å². The minimum absolute atomic E-state index is 0.0779. The first-order valence-electron chi connectivity index (χ1n) is 6.23. The van der Waals surface area contributed by atoms with E-state index >= 15 is 0 Å². The van der Waals surface area contributed by atoms with E-state index in [1.807, 2.05) is 48.6 Å². The lowest BCUT2D eigenvalue weighted by Crippen LogP contribution is -2.05. The average molecular weight is 262 g/mol. The van der Waals surface area contributed by atoms with Crippen molar-refractivity contribution in [2.45, 2.75) is 6.92 Å². The molecule has 2 rings (SSSR count). The zero-order valence-corrected chi connectivity index (χ0v) is 11.1. The molecule has 2 aromatic carbocycles. The lowest BCUT2D eigenvalue weighted by atomic mass is 10.1. The fraction of sp³-hybridized carbons (Fsp3) is 0.0588. The van der Waals surface area contributed by atoms with Gasteiger partial charge < -0.3 is 5.32 Å². The summed E-state index contributed by atoms with van der Waals surface area (Å²) in [6, 6.07) is 17.1. The summed E-state index contributed by atoms with van der Waals surface area (Å²) >= 11 is 0. The maximum atomic E-state index is 10.9. The van der Waals surface area contributed by atoms with Crippen LogP contribution >= 0.6 is 0 Å². The van der Waals surface area contributed by atoms with Crippen molar-refractivity contribution in [3.8, 4) is 6.07 Å². The van der Waals surface area contributed by atoms with Gasteiger partial charge in [0.25, 0.3) is 0 Å². The number of nitrogens with zero attached hydrogens (tertiary/aromatic N) is 1. The number of rotatable bonds is 3. The number of benzene rings is 2. The molecule has 0 unspecified atom stereocenters. The van der Waals surface area contributed by atoms with Gasteiger partial charge in [-0.2, -0.15) is 5.26 Å². The Morgan fingerprint density at radius 2 is 1.50 bits per heavy atom.